The SMILES string of the molecule is CC1CCCCC1C(=O)Nc1ccc(-c2cc3cc(NC(=O)c4ccc(F)cc4)ccc3[nH]2)cc1. The highest BCUT2D eigenvalue weighted by molar-refractivity contribution is 6.05. The number of fused-ring (bicyclic) bond motifs is 1. The van der Waals surface area contributed by atoms with Crippen LogP contribution < -0.4 is 10.6 Å². The number of hydrogen-bond donors (Lipinski definition) is 3. The molecule has 1 aliphatic carbocycles. The van der Waals surface area contributed by atoms with E-state index in [-0.39, 0.29) is 23.5 Å². The fourth-order valence-electron chi connectivity index (χ4n) is 4.84. The van der Waals surface area contributed by atoms with Gasteiger partial charge in [-0.2, -0.15) is 0 Å². The van der Waals surface area contributed by atoms with Gasteiger partial charge in [0.05, 0.1) is 0 Å². The second kappa shape index (κ2) is 9.74. The van der Waals surface area contributed by atoms with Crippen LogP contribution >= 0.6 is 0 Å². The minimum Gasteiger partial charge on any atom is -0.355 e. The maximum atomic E-state index is 13.1. The first-order valence-electron chi connectivity index (χ1n) is 12.1. The first-order valence-corrected chi connectivity index (χ1v) is 12.1. The Morgan fingerprint density at radius 2 is 1.57 bits per heavy atom. The van der Waals surface area contributed by atoms with Gasteiger partial charge in [0.25, 0.3) is 5.91 Å². The molecule has 5 nitrogen and oxygen atoms in total. The van der Waals surface area contributed by atoms with E-state index in [4.69, 9.17) is 0 Å². The fourth-order valence-corrected chi connectivity index (χ4v) is 4.84. The number of halogens is 1. The molecule has 1 saturated carbocycles. The third-order valence-electron chi connectivity index (χ3n) is 6.90. The number of nitrogens with one attached hydrogen (secondary N) is 3. The standard InChI is InChI=1S/C29H28FN3O2/c1-18-4-2-3-5-25(18)29(35)31-23-12-8-19(9-13-23)27-17-21-16-24(14-15-26(21)33-27)32-28(34)20-6-10-22(30)11-7-20/h6-18,25,33H,2-5H2,1H3,(H,31,35)(H,32,34). The van der Waals surface area contributed by atoms with Crippen LogP contribution in [0.15, 0.2) is 72.8 Å². The van der Waals surface area contributed by atoms with Crippen LogP contribution in [0.1, 0.15) is 43.0 Å². The van der Waals surface area contributed by atoms with Crippen LogP contribution in [-0.2, 0) is 4.79 Å². The zero-order valence-electron chi connectivity index (χ0n) is 19.6. The van der Waals surface area contributed by atoms with E-state index < -0.39 is 0 Å². The lowest BCUT2D eigenvalue weighted by Crippen LogP contribution is -2.30. The Morgan fingerprint density at radius 1 is 0.857 bits per heavy atom. The van der Waals surface area contributed by atoms with Gasteiger partial charge in [0.15, 0.2) is 0 Å². The van der Waals surface area contributed by atoms with E-state index in [9.17, 15) is 14.0 Å². The van der Waals surface area contributed by atoms with Gasteiger partial charge in [0, 0.05) is 39.5 Å². The van der Waals surface area contributed by atoms with Gasteiger partial charge in [-0.05, 0) is 85.0 Å². The molecule has 2 unspecified atom stereocenters. The monoisotopic (exact) mass is 469 g/mol. The summed E-state index contributed by atoms with van der Waals surface area (Å²) in [6.07, 6.45) is 4.42. The van der Waals surface area contributed by atoms with Crippen molar-refractivity contribution in [3.63, 3.8) is 0 Å². The molecule has 0 bridgehead atoms. The van der Waals surface area contributed by atoms with Crippen molar-refractivity contribution >= 4 is 34.1 Å². The van der Waals surface area contributed by atoms with Gasteiger partial charge in [-0.25, -0.2) is 4.39 Å². The molecule has 35 heavy (non-hydrogen) atoms. The van der Waals surface area contributed by atoms with E-state index in [0.717, 1.165) is 47.1 Å². The van der Waals surface area contributed by atoms with Crippen molar-refractivity contribution in [1.82, 2.24) is 4.98 Å². The van der Waals surface area contributed by atoms with Crippen molar-refractivity contribution in [2.75, 3.05) is 10.6 Å². The van der Waals surface area contributed by atoms with E-state index >= 15 is 0 Å². The molecule has 3 N–H and O–H groups in total. The maximum absolute atomic E-state index is 13.1. The second-order valence-corrected chi connectivity index (χ2v) is 9.38. The number of aromatic amines is 1. The lowest BCUT2D eigenvalue weighted by Gasteiger charge is -2.27. The third kappa shape index (κ3) is 5.11. The van der Waals surface area contributed by atoms with Crippen LogP contribution in [0.4, 0.5) is 15.8 Å². The first-order chi connectivity index (χ1) is 17.0. The summed E-state index contributed by atoms with van der Waals surface area (Å²) < 4.78 is 13.1. The Morgan fingerprint density at radius 3 is 2.31 bits per heavy atom. The molecule has 2 amide bonds. The number of anilines is 2. The largest absolute Gasteiger partial charge is 0.355 e. The van der Waals surface area contributed by atoms with Crippen LogP contribution in [-0.4, -0.2) is 16.8 Å². The normalized spacial score (nSPS) is 17.8. The predicted molar refractivity (Wildman–Crippen MR) is 138 cm³/mol. The zero-order valence-corrected chi connectivity index (χ0v) is 19.6. The van der Waals surface area contributed by atoms with Gasteiger partial charge >= 0.3 is 0 Å². The molecule has 178 valence electrons. The highest BCUT2D eigenvalue weighted by atomic mass is 19.1. The summed E-state index contributed by atoms with van der Waals surface area (Å²) in [5.41, 5.74) is 4.75. The summed E-state index contributed by atoms with van der Waals surface area (Å²) >= 11 is 0. The number of carbonyl (C=O) groups is 2. The topological polar surface area (TPSA) is 74.0 Å². The van der Waals surface area contributed by atoms with Gasteiger partial charge in [0.1, 0.15) is 5.82 Å². The molecule has 2 atom stereocenters. The molecule has 4 aromatic rings. The maximum Gasteiger partial charge on any atom is 0.255 e. The summed E-state index contributed by atoms with van der Waals surface area (Å²) in [5.74, 6) is -0.0298. The summed E-state index contributed by atoms with van der Waals surface area (Å²) in [4.78, 5) is 28.6. The Labute approximate surface area is 203 Å². The van der Waals surface area contributed by atoms with Gasteiger partial charge in [-0.3, -0.25) is 9.59 Å². The van der Waals surface area contributed by atoms with Gasteiger partial charge < -0.3 is 15.6 Å². The Hall–Kier alpha value is -3.93. The second-order valence-electron chi connectivity index (χ2n) is 9.38. The quantitative estimate of drug-likeness (QED) is 0.295. The highest BCUT2D eigenvalue weighted by Crippen LogP contribution is 2.31. The van der Waals surface area contributed by atoms with E-state index in [1.165, 1.54) is 30.7 Å². The molecule has 1 aliphatic rings. The molecular weight excluding hydrogens is 441 g/mol. The van der Waals surface area contributed by atoms with Crippen molar-refractivity contribution in [3.05, 3.63) is 84.2 Å². The average Bonchev–Trinajstić information content (AvgIpc) is 3.28. The molecule has 1 aromatic heterocycles. The first kappa shape index (κ1) is 22.8. The van der Waals surface area contributed by atoms with E-state index in [1.54, 1.807) is 0 Å². The van der Waals surface area contributed by atoms with Crippen molar-refractivity contribution in [2.45, 2.75) is 32.6 Å². The summed E-state index contributed by atoms with van der Waals surface area (Å²) in [5, 5.41) is 6.90. The van der Waals surface area contributed by atoms with Crippen molar-refractivity contribution in [3.8, 4) is 11.3 Å². The van der Waals surface area contributed by atoms with E-state index in [1.807, 2.05) is 48.5 Å². The Balaban J connectivity index is 1.28. The predicted octanol–water partition coefficient (Wildman–Crippen LogP) is 6.99. The van der Waals surface area contributed by atoms with Crippen molar-refractivity contribution in [2.24, 2.45) is 11.8 Å². The van der Waals surface area contributed by atoms with E-state index in [0.29, 0.717) is 17.2 Å². The molecule has 0 saturated heterocycles. The van der Waals surface area contributed by atoms with Crippen LogP contribution in [0.2, 0.25) is 0 Å². The van der Waals surface area contributed by atoms with Crippen LogP contribution in [0.25, 0.3) is 22.2 Å². The van der Waals surface area contributed by atoms with E-state index in [2.05, 4.69) is 22.5 Å². The lowest BCUT2D eigenvalue weighted by molar-refractivity contribution is -0.122. The summed E-state index contributed by atoms with van der Waals surface area (Å²) in [6.45, 7) is 2.17. The van der Waals surface area contributed by atoms with Crippen molar-refractivity contribution in [1.29, 1.82) is 0 Å². The van der Waals surface area contributed by atoms with Crippen molar-refractivity contribution < 1.29 is 14.0 Å². The molecule has 0 radical (unpaired) electrons. The number of hydrogen-bond acceptors (Lipinski definition) is 2. The van der Waals surface area contributed by atoms with Gasteiger partial charge in [-0.1, -0.05) is 31.9 Å². The number of H-pyrrole nitrogens is 1. The molecule has 0 spiro atoms. The number of rotatable bonds is 5. The van der Waals surface area contributed by atoms with Gasteiger partial charge in [-0.15, -0.1) is 0 Å². The van der Waals surface area contributed by atoms with Crippen LogP contribution in [0.5, 0.6) is 0 Å². The van der Waals surface area contributed by atoms with Crippen LogP contribution in [0.3, 0.4) is 0 Å². The molecular formula is C29H28FN3O2. The highest BCUT2D eigenvalue weighted by Gasteiger charge is 2.27. The molecule has 3 aromatic carbocycles. The Kier molecular flexibility index (Phi) is 6.36. The summed E-state index contributed by atoms with van der Waals surface area (Å²) in [6, 6.07) is 21.0. The molecule has 1 fully saturated rings. The number of carbonyl (C=O) groups excluding carboxylic acids is 2. The average molecular weight is 470 g/mol. The minimum absolute atomic E-state index is 0.0925. The Bertz CT molecular complexity index is 1360. The molecule has 5 rings (SSSR count). The number of benzene rings is 3. The minimum atomic E-state index is -0.378. The van der Waals surface area contributed by atoms with Crippen LogP contribution in [0, 0.1) is 17.7 Å². The molecule has 0 aliphatic heterocycles. The van der Waals surface area contributed by atoms with Gasteiger partial charge in [0.2, 0.25) is 5.91 Å². The number of amides is 2. The molecule has 6 heteroatoms. The summed E-state index contributed by atoms with van der Waals surface area (Å²) in [7, 11) is 0. The zero-order chi connectivity index (χ0) is 24.4. The smallest absolute Gasteiger partial charge is 0.255 e. The lowest BCUT2D eigenvalue weighted by atomic mass is 9.80. The third-order valence-corrected chi connectivity index (χ3v) is 6.90. The fraction of sp³-hybridized carbons (Fsp3) is 0.241. The molecule has 1 heterocycles. The number of aromatic nitrogens is 1.